The fraction of sp³-hybridized carbons (Fsp3) is 0.471. The molecule has 0 spiro atoms. The average molecular weight is 292 g/mol. The Kier molecular flexibility index (Phi) is 4.54. The number of benzene rings is 1. The summed E-state index contributed by atoms with van der Waals surface area (Å²) in [6.07, 6.45) is 5.52. The van der Waals surface area contributed by atoms with Crippen LogP contribution in [0.25, 0.3) is 0 Å². The Bertz CT molecular complexity index is 512. The number of carbonyl (C=O) groups excluding carboxylic acids is 1. The van der Waals surface area contributed by atoms with Crippen molar-refractivity contribution in [1.29, 1.82) is 0 Å². The van der Waals surface area contributed by atoms with Crippen molar-refractivity contribution in [3.8, 4) is 0 Å². The van der Waals surface area contributed by atoms with Crippen molar-refractivity contribution in [2.75, 3.05) is 0 Å². The van der Waals surface area contributed by atoms with E-state index in [1.165, 1.54) is 12.0 Å². The van der Waals surface area contributed by atoms with E-state index in [4.69, 9.17) is 11.6 Å². The standard InChI is InChI=1S/C17H22ClNO/c1-12(2)11-16(19-13(3)20)17(9-4-10-17)14-5-7-15(18)8-6-14/h5-8,11-12H,4,9-10H2,1-3H3,(H,19,20)/b16-11+. The number of amides is 1. The zero-order valence-corrected chi connectivity index (χ0v) is 13.1. The van der Waals surface area contributed by atoms with Gasteiger partial charge in [-0.2, -0.15) is 0 Å². The molecule has 0 aliphatic heterocycles. The predicted octanol–water partition coefficient (Wildman–Crippen LogP) is 4.44. The molecule has 0 saturated heterocycles. The number of rotatable bonds is 4. The molecule has 20 heavy (non-hydrogen) atoms. The maximum absolute atomic E-state index is 11.5. The first-order chi connectivity index (χ1) is 9.44. The van der Waals surface area contributed by atoms with Gasteiger partial charge in [-0.05, 0) is 36.5 Å². The summed E-state index contributed by atoms with van der Waals surface area (Å²) in [5.41, 5.74) is 2.25. The van der Waals surface area contributed by atoms with Gasteiger partial charge < -0.3 is 5.32 Å². The minimum atomic E-state index is -0.0411. The van der Waals surface area contributed by atoms with Crippen LogP contribution < -0.4 is 5.32 Å². The van der Waals surface area contributed by atoms with Crippen LogP contribution in [0.3, 0.4) is 0 Å². The molecule has 0 heterocycles. The Morgan fingerprint density at radius 2 is 1.90 bits per heavy atom. The second-order valence-corrected chi connectivity index (χ2v) is 6.38. The molecule has 1 aliphatic rings. The van der Waals surface area contributed by atoms with E-state index in [0.717, 1.165) is 23.6 Å². The summed E-state index contributed by atoms with van der Waals surface area (Å²) in [6.45, 7) is 5.84. The average Bonchev–Trinajstić information content (AvgIpc) is 2.28. The molecule has 3 heteroatoms. The summed E-state index contributed by atoms with van der Waals surface area (Å²) < 4.78 is 0. The molecule has 0 unspecified atom stereocenters. The molecule has 1 fully saturated rings. The van der Waals surface area contributed by atoms with Gasteiger partial charge in [0.25, 0.3) is 0 Å². The lowest BCUT2D eigenvalue weighted by Gasteiger charge is -2.44. The molecule has 0 bridgehead atoms. The van der Waals surface area contributed by atoms with Gasteiger partial charge in [-0.15, -0.1) is 0 Å². The van der Waals surface area contributed by atoms with Crippen molar-refractivity contribution in [3.05, 3.63) is 46.6 Å². The van der Waals surface area contributed by atoms with Crippen LogP contribution in [-0.2, 0) is 10.2 Å². The summed E-state index contributed by atoms with van der Waals surface area (Å²) in [5.74, 6) is 0.402. The van der Waals surface area contributed by atoms with Crippen LogP contribution in [0.5, 0.6) is 0 Å². The van der Waals surface area contributed by atoms with Crippen molar-refractivity contribution < 1.29 is 4.79 Å². The topological polar surface area (TPSA) is 29.1 Å². The maximum atomic E-state index is 11.5. The first kappa shape index (κ1) is 15.1. The first-order valence-corrected chi connectivity index (χ1v) is 7.58. The SMILES string of the molecule is CC(=O)N/C(=C/C(C)C)C1(c2ccc(Cl)cc2)CCC1. The summed E-state index contributed by atoms with van der Waals surface area (Å²) >= 11 is 5.99. The third kappa shape index (κ3) is 3.06. The van der Waals surface area contributed by atoms with E-state index < -0.39 is 0 Å². The van der Waals surface area contributed by atoms with Crippen LogP contribution in [0.15, 0.2) is 36.0 Å². The molecule has 108 valence electrons. The smallest absolute Gasteiger partial charge is 0.221 e. The molecule has 0 atom stereocenters. The molecular formula is C17H22ClNO. The van der Waals surface area contributed by atoms with E-state index in [1.807, 2.05) is 12.1 Å². The van der Waals surface area contributed by atoms with Gasteiger partial charge in [-0.25, -0.2) is 0 Å². The zero-order chi connectivity index (χ0) is 14.8. The lowest BCUT2D eigenvalue weighted by atomic mass is 9.62. The summed E-state index contributed by atoms with van der Waals surface area (Å²) in [7, 11) is 0. The van der Waals surface area contributed by atoms with Gasteiger partial charge in [0.05, 0.1) is 0 Å². The minimum absolute atomic E-state index is 0.00265. The van der Waals surface area contributed by atoms with Gasteiger partial charge in [-0.1, -0.05) is 50.1 Å². The lowest BCUT2D eigenvalue weighted by molar-refractivity contribution is -0.118. The van der Waals surface area contributed by atoms with E-state index in [0.29, 0.717) is 5.92 Å². The van der Waals surface area contributed by atoms with Gasteiger partial charge in [0, 0.05) is 23.1 Å². The summed E-state index contributed by atoms with van der Waals surface area (Å²) in [5, 5.41) is 3.80. The predicted molar refractivity (Wildman–Crippen MR) is 83.7 cm³/mol. The number of allylic oxidation sites excluding steroid dienone is 2. The molecule has 1 saturated carbocycles. The quantitative estimate of drug-likeness (QED) is 0.873. The molecule has 2 nitrogen and oxygen atoms in total. The first-order valence-electron chi connectivity index (χ1n) is 7.20. The van der Waals surface area contributed by atoms with Crippen LogP contribution in [0.2, 0.25) is 5.02 Å². The van der Waals surface area contributed by atoms with Crippen LogP contribution >= 0.6 is 11.6 Å². The van der Waals surface area contributed by atoms with Gasteiger partial charge in [-0.3, -0.25) is 4.79 Å². The molecular weight excluding hydrogens is 270 g/mol. The van der Waals surface area contributed by atoms with Gasteiger partial charge in [0.1, 0.15) is 0 Å². The zero-order valence-electron chi connectivity index (χ0n) is 12.4. The van der Waals surface area contributed by atoms with Gasteiger partial charge in [0.15, 0.2) is 0 Å². The third-order valence-electron chi connectivity index (χ3n) is 3.93. The van der Waals surface area contributed by atoms with E-state index in [-0.39, 0.29) is 11.3 Å². The maximum Gasteiger partial charge on any atom is 0.221 e. The van der Waals surface area contributed by atoms with E-state index >= 15 is 0 Å². The molecule has 0 radical (unpaired) electrons. The Hall–Kier alpha value is -1.28. The monoisotopic (exact) mass is 291 g/mol. The van der Waals surface area contributed by atoms with Crippen molar-refractivity contribution in [3.63, 3.8) is 0 Å². The highest BCUT2D eigenvalue weighted by atomic mass is 35.5. The highest BCUT2D eigenvalue weighted by Crippen LogP contribution is 2.48. The van der Waals surface area contributed by atoms with E-state index in [2.05, 4.69) is 37.4 Å². The largest absolute Gasteiger partial charge is 0.329 e. The summed E-state index contributed by atoms with van der Waals surface area (Å²) in [6, 6.07) is 8.02. The van der Waals surface area contributed by atoms with E-state index in [9.17, 15) is 4.79 Å². The second kappa shape index (κ2) is 6.01. The molecule has 0 aromatic heterocycles. The van der Waals surface area contributed by atoms with Crippen molar-refractivity contribution >= 4 is 17.5 Å². The molecule has 1 aromatic carbocycles. The fourth-order valence-corrected chi connectivity index (χ4v) is 2.98. The number of carbonyl (C=O) groups is 1. The van der Waals surface area contributed by atoms with Crippen molar-refractivity contribution in [2.45, 2.75) is 45.4 Å². The molecule has 1 amide bonds. The number of halogens is 1. The van der Waals surface area contributed by atoms with E-state index in [1.54, 1.807) is 6.92 Å². The van der Waals surface area contributed by atoms with Gasteiger partial charge >= 0.3 is 0 Å². The van der Waals surface area contributed by atoms with Crippen LogP contribution in [-0.4, -0.2) is 5.91 Å². The second-order valence-electron chi connectivity index (χ2n) is 5.95. The van der Waals surface area contributed by atoms with Crippen LogP contribution in [0.4, 0.5) is 0 Å². The molecule has 1 aromatic rings. The Balaban J connectivity index is 2.41. The number of hydrogen-bond acceptors (Lipinski definition) is 1. The third-order valence-corrected chi connectivity index (χ3v) is 4.18. The lowest BCUT2D eigenvalue weighted by Crippen LogP contribution is -2.43. The Morgan fingerprint density at radius 3 is 2.30 bits per heavy atom. The van der Waals surface area contributed by atoms with Crippen molar-refractivity contribution in [2.24, 2.45) is 5.92 Å². The van der Waals surface area contributed by atoms with Crippen LogP contribution in [0.1, 0.15) is 45.6 Å². The Labute approximate surface area is 126 Å². The minimum Gasteiger partial charge on any atom is -0.329 e. The highest BCUT2D eigenvalue weighted by Gasteiger charge is 2.42. The van der Waals surface area contributed by atoms with Gasteiger partial charge in [0.2, 0.25) is 5.91 Å². The molecule has 2 rings (SSSR count). The fourth-order valence-electron chi connectivity index (χ4n) is 2.86. The Morgan fingerprint density at radius 1 is 1.30 bits per heavy atom. The molecule has 1 N–H and O–H groups in total. The molecule has 1 aliphatic carbocycles. The van der Waals surface area contributed by atoms with Crippen molar-refractivity contribution in [1.82, 2.24) is 5.32 Å². The normalized spacial score (nSPS) is 17.8. The number of nitrogens with one attached hydrogen (secondary N) is 1. The highest BCUT2D eigenvalue weighted by molar-refractivity contribution is 6.30. The number of hydrogen-bond donors (Lipinski definition) is 1. The van der Waals surface area contributed by atoms with Crippen LogP contribution in [0, 0.1) is 5.92 Å². The summed E-state index contributed by atoms with van der Waals surface area (Å²) in [4.78, 5) is 11.5.